The van der Waals surface area contributed by atoms with Crippen molar-refractivity contribution >= 4 is 11.9 Å². The highest BCUT2D eigenvalue weighted by Crippen LogP contribution is 2.41. The van der Waals surface area contributed by atoms with E-state index in [-0.39, 0.29) is 24.6 Å². The number of rotatable bonds is 10. The van der Waals surface area contributed by atoms with Crippen LogP contribution in [0.5, 0.6) is 5.75 Å². The Kier molecular flexibility index (Phi) is 7.04. The maximum atomic E-state index is 13.1. The minimum absolute atomic E-state index is 0.0271. The van der Waals surface area contributed by atoms with Crippen LogP contribution in [0.1, 0.15) is 53.9 Å². The molecule has 0 bridgehead atoms. The number of para-hydroxylation sites is 1. The van der Waals surface area contributed by atoms with Crippen molar-refractivity contribution in [3.05, 3.63) is 30.3 Å². The Morgan fingerprint density at radius 3 is 2.37 bits per heavy atom. The Hall–Kier alpha value is -1.88. The number of hydrogen-bond donors (Lipinski definition) is 0. The predicted octanol–water partition coefficient (Wildman–Crippen LogP) is 4.39. The molecule has 5 heteroatoms. The molecule has 3 atom stereocenters. The van der Waals surface area contributed by atoms with Crippen molar-refractivity contribution < 1.29 is 23.8 Å². The van der Waals surface area contributed by atoms with Crippen molar-refractivity contribution in [3.8, 4) is 5.75 Å². The molecule has 150 valence electrons. The van der Waals surface area contributed by atoms with E-state index in [4.69, 9.17) is 14.2 Å². The van der Waals surface area contributed by atoms with Crippen molar-refractivity contribution in [3.63, 3.8) is 0 Å². The summed E-state index contributed by atoms with van der Waals surface area (Å²) in [6.45, 7) is 10.7. The smallest absolute Gasteiger partial charge is 0.317 e. The lowest BCUT2D eigenvalue weighted by Crippen LogP contribution is -2.41. The standard InChI is InChI=1S/C22H32O5/c1-6-16(2)12-22(5,20(24)27-17-10-8-7-9-11-17)15-21(3,4)19(23)26-14-18-13-25-18/h7-11,16,18H,6,12-15H2,1-5H3. The molecule has 1 heterocycles. The second-order valence-corrected chi connectivity index (χ2v) is 8.60. The van der Waals surface area contributed by atoms with Crippen molar-refractivity contribution in [2.24, 2.45) is 16.7 Å². The van der Waals surface area contributed by atoms with Gasteiger partial charge in [-0.2, -0.15) is 0 Å². The van der Waals surface area contributed by atoms with Gasteiger partial charge in [0.15, 0.2) is 0 Å². The molecule has 1 aromatic rings. The van der Waals surface area contributed by atoms with Gasteiger partial charge in [-0.15, -0.1) is 0 Å². The van der Waals surface area contributed by atoms with Crippen LogP contribution >= 0.6 is 0 Å². The van der Waals surface area contributed by atoms with Gasteiger partial charge in [-0.1, -0.05) is 38.5 Å². The highest BCUT2D eigenvalue weighted by Gasteiger charge is 2.45. The Labute approximate surface area is 162 Å². The molecule has 1 aromatic carbocycles. The molecule has 0 aromatic heterocycles. The van der Waals surface area contributed by atoms with Crippen molar-refractivity contribution in [2.75, 3.05) is 13.2 Å². The Balaban J connectivity index is 2.12. The van der Waals surface area contributed by atoms with Gasteiger partial charge in [0.2, 0.25) is 0 Å². The second kappa shape index (κ2) is 8.87. The summed E-state index contributed by atoms with van der Waals surface area (Å²) in [6, 6.07) is 9.05. The lowest BCUT2D eigenvalue weighted by molar-refractivity contribution is -0.160. The number of epoxide rings is 1. The summed E-state index contributed by atoms with van der Waals surface area (Å²) >= 11 is 0. The third kappa shape index (κ3) is 6.35. The van der Waals surface area contributed by atoms with Crippen LogP contribution in [0, 0.1) is 16.7 Å². The molecule has 0 amide bonds. The minimum atomic E-state index is -0.799. The molecule has 5 nitrogen and oxygen atoms in total. The molecular weight excluding hydrogens is 344 g/mol. The summed E-state index contributed by atoms with van der Waals surface area (Å²) in [5.41, 5.74) is -1.59. The van der Waals surface area contributed by atoms with Gasteiger partial charge in [0.1, 0.15) is 18.5 Å². The average molecular weight is 376 g/mol. The van der Waals surface area contributed by atoms with Crippen LogP contribution < -0.4 is 4.74 Å². The molecule has 27 heavy (non-hydrogen) atoms. The quantitative estimate of drug-likeness (QED) is 0.344. The molecule has 1 aliphatic heterocycles. The van der Waals surface area contributed by atoms with Gasteiger partial charge < -0.3 is 14.2 Å². The highest BCUT2D eigenvalue weighted by atomic mass is 16.6. The van der Waals surface area contributed by atoms with Gasteiger partial charge in [-0.25, -0.2) is 0 Å². The number of benzene rings is 1. The van der Waals surface area contributed by atoms with Gasteiger partial charge >= 0.3 is 11.9 Å². The third-order valence-electron chi connectivity index (χ3n) is 5.13. The fourth-order valence-corrected chi connectivity index (χ4v) is 3.44. The normalized spacial score (nSPS) is 19.7. The van der Waals surface area contributed by atoms with Gasteiger partial charge in [-0.3, -0.25) is 9.59 Å². The van der Waals surface area contributed by atoms with Gasteiger partial charge in [0.05, 0.1) is 17.4 Å². The van der Waals surface area contributed by atoms with Gasteiger partial charge in [0.25, 0.3) is 0 Å². The molecule has 3 unspecified atom stereocenters. The van der Waals surface area contributed by atoms with E-state index in [1.165, 1.54) is 0 Å². The van der Waals surface area contributed by atoms with Crippen molar-refractivity contribution in [2.45, 2.75) is 60.0 Å². The van der Waals surface area contributed by atoms with Gasteiger partial charge in [-0.05, 0) is 51.7 Å². The van der Waals surface area contributed by atoms with Crippen LogP contribution in [0.4, 0.5) is 0 Å². The monoisotopic (exact) mass is 376 g/mol. The molecule has 0 saturated carbocycles. The van der Waals surface area contributed by atoms with E-state index in [1.54, 1.807) is 12.1 Å². The highest BCUT2D eigenvalue weighted by molar-refractivity contribution is 5.81. The zero-order valence-corrected chi connectivity index (χ0v) is 17.1. The van der Waals surface area contributed by atoms with Crippen LogP contribution in [-0.4, -0.2) is 31.3 Å². The molecule has 2 rings (SSSR count). The predicted molar refractivity (Wildman–Crippen MR) is 103 cm³/mol. The SMILES string of the molecule is CCC(C)CC(C)(CC(C)(C)C(=O)OCC1CO1)C(=O)Oc1ccccc1. The fraction of sp³-hybridized carbons (Fsp3) is 0.636. The fourth-order valence-electron chi connectivity index (χ4n) is 3.44. The van der Waals surface area contributed by atoms with Crippen molar-refractivity contribution in [1.29, 1.82) is 0 Å². The number of carbonyl (C=O) groups is 2. The Morgan fingerprint density at radius 2 is 1.81 bits per heavy atom. The van der Waals surface area contributed by atoms with E-state index in [0.29, 0.717) is 31.1 Å². The molecule has 1 fully saturated rings. The molecule has 0 N–H and O–H groups in total. The zero-order chi connectivity index (χ0) is 20.1. The molecule has 0 radical (unpaired) electrons. The lowest BCUT2D eigenvalue weighted by atomic mass is 9.69. The number of hydrogen-bond acceptors (Lipinski definition) is 5. The topological polar surface area (TPSA) is 65.1 Å². The van der Waals surface area contributed by atoms with E-state index < -0.39 is 10.8 Å². The molecule has 0 aliphatic carbocycles. The number of ether oxygens (including phenoxy) is 3. The van der Waals surface area contributed by atoms with E-state index in [2.05, 4.69) is 13.8 Å². The largest absolute Gasteiger partial charge is 0.462 e. The summed E-state index contributed by atoms with van der Waals surface area (Å²) in [5, 5.41) is 0. The molecule has 1 saturated heterocycles. The first-order chi connectivity index (χ1) is 12.7. The first-order valence-electron chi connectivity index (χ1n) is 9.72. The summed E-state index contributed by atoms with van der Waals surface area (Å²) in [6.07, 6.45) is 2.00. The summed E-state index contributed by atoms with van der Waals surface area (Å²) < 4.78 is 16.1. The van der Waals surface area contributed by atoms with Crippen LogP contribution in [0.2, 0.25) is 0 Å². The zero-order valence-electron chi connectivity index (χ0n) is 17.1. The van der Waals surface area contributed by atoms with E-state index in [0.717, 1.165) is 6.42 Å². The maximum Gasteiger partial charge on any atom is 0.317 e. The second-order valence-electron chi connectivity index (χ2n) is 8.60. The first-order valence-corrected chi connectivity index (χ1v) is 9.72. The minimum Gasteiger partial charge on any atom is -0.462 e. The number of esters is 2. The third-order valence-corrected chi connectivity index (χ3v) is 5.13. The van der Waals surface area contributed by atoms with Gasteiger partial charge in [0, 0.05) is 0 Å². The molecular formula is C22H32O5. The van der Waals surface area contributed by atoms with Crippen LogP contribution in [-0.2, 0) is 19.1 Å². The Morgan fingerprint density at radius 1 is 1.19 bits per heavy atom. The van der Waals surface area contributed by atoms with Crippen LogP contribution in [0.3, 0.4) is 0 Å². The summed E-state index contributed by atoms with van der Waals surface area (Å²) in [5.74, 6) is 0.246. The number of carbonyl (C=O) groups excluding carboxylic acids is 2. The van der Waals surface area contributed by atoms with E-state index in [1.807, 2.05) is 39.0 Å². The molecule has 1 aliphatic rings. The average Bonchev–Trinajstić information content (AvgIpc) is 3.44. The Bertz CT molecular complexity index is 635. The summed E-state index contributed by atoms with van der Waals surface area (Å²) in [7, 11) is 0. The van der Waals surface area contributed by atoms with Crippen molar-refractivity contribution in [1.82, 2.24) is 0 Å². The van der Waals surface area contributed by atoms with E-state index in [9.17, 15) is 9.59 Å². The summed E-state index contributed by atoms with van der Waals surface area (Å²) in [4.78, 5) is 25.6. The lowest BCUT2D eigenvalue weighted by Gasteiger charge is -2.35. The first kappa shape index (κ1) is 21.4. The molecule has 0 spiro atoms. The van der Waals surface area contributed by atoms with E-state index >= 15 is 0 Å². The van der Waals surface area contributed by atoms with Crippen LogP contribution in [0.15, 0.2) is 30.3 Å². The van der Waals surface area contributed by atoms with Crippen LogP contribution in [0.25, 0.3) is 0 Å². The maximum absolute atomic E-state index is 13.1.